The van der Waals surface area contributed by atoms with E-state index in [0.717, 1.165) is 22.1 Å². The first-order valence-corrected chi connectivity index (χ1v) is 5.65. The highest BCUT2D eigenvalue weighted by molar-refractivity contribution is 5.93. The molecule has 0 saturated carbocycles. The third kappa shape index (κ3) is 2.29. The van der Waals surface area contributed by atoms with E-state index in [1.54, 1.807) is 0 Å². The number of hydrogen-bond donors (Lipinski definition) is 1. The first-order valence-electron chi connectivity index (χ1n) is 5.65. The highest BCUT2D eigenvalue weighted by atomic mass is 19.4. The summed E-state index contributed by atoms with van der Waals surface area (Å²) >= 11 is 0. The molecule has 1 N–H and O–H groups in total. The van der Waals surface area contributed by atoms with Gasteiger partial charge in [-0.3, -0.25) is 4.84 Å². The number of nitrogens with zero attached hydrogens (tertiary/aromatic N) is 3. The van der Waals surface area contributed by atoms with Gasteiger partial charge in [-0.25, -0.2) is 14.7 Å². The van der Waals surface area contributed by atoms with Gasteiger partial charge in [0, 0.05) is 6.20 Å². The number of alkyl halides is 3. The van der Waals surface area contributed by atoms with Gasteiger partial charge in [0.1, 0.15) is 11.9 Å². The smallest absolute Gasteiger partial charge is 0.371 e. The summed E-state index contributed by atoms with van der Waals surface area (Å²) in [5.41, 5.74) is -0.931. The molecule has 0 spiro atoms. The summed E-state index contributed by atoms with van der Waals surface area (Å²) < 4.78 is 37.3. The van der Waals surface area contributed by atoms with Crippen molar-refractivity contribution < 1.29 is 27.9 Å². The number of amides is 2. The quantitative estimate of drug-likeness (QED) is 0.899. The van der Waals surface area contributed by atoms with Crippen LogP contribution in [0.15, 0.2) is 18.3 Å². The molecule has 2 heterocycles. The first-order chi connectivity index (χ1) is 9.27. The number of hydrogen-bond acceptors (Lipinski definition) is 4. The molecule has 6 nitrogen and oxygen atoms in total. The van der Waals surface area contributed by atoms with E-state index in [1.165, 1.54) is 14.0 Å². The lowest BCUT2D eigenvalue weighted by Gasteiger charge is -2.18. The third-order valence-corrected chi connectivity index (χ3v) is 2.98. The van der Waals surface area contributed by atoms with Crippen molar-refractivity contribution in [3.8, 4) is 0 Å². The van der Waals surface area contributed by atoms with Crippen molar-refractivity contribution >= 4 is 11.8 Å². The number of halogens is 3. The highest BCUT2D eigenvalue weighted by Crippen LogP contribution is 2.31. The maximum absolute atomic E-state index is 12.4. The van der Waals surface area contributed by atoms with Crippen LogP contribution >= 0.6 is 0 Å². The monoisotopic (exact) mass is 291 g/mol. The fourth-order valence-electron chi connectivity index (χ4n) is 1.90. The van der Waals surface area contributed by atoms with E-state index in [2.05, 4.69) is 4.98 Å². The summed E-state index contributed by atoms with van der Waals surface area (Å²) in [5, 5.41) is 10.9. The Hall–Kier alpha value is -1.87. The molecule has 9 heteroatoms. The van der Waals surface area contributed by atoms with Gasteiger partial charge < -0.3 is 5.11 Å². The number of anilines is 1. The SMILES string of the molecule is CON1C(=O)N(c2ccc(C(F)(F)F)cn2)C(O)C1C. The van der Waals surface area contributed by atoms with Crippen LogP contribution in [0.2, 0.25) is 0 Å². The minimum Gasteiger partial charge on any atom is -0.371 e. The second-order valence-electron chi connectivity index (χ2n) is 4.22. The van der Waals surface area contributed by atoms with Crippen LogP contribution in [0.4, 0.5) is 23.8 Å². The average Bonchev–Trinajstić information content (AvgIpc) is 2.59. The van der Waals surface area contributed by atoms with Crippen LogP contribution in [-0.4, -0.2) is 40.6 Å². The summed E-state index contributed by atoms with van der Waals surface area (Å²) in [6.45, 7) is 1.54. The molecule has 20 heavy (non-hydrogen) atoms. The molecule has 2 rings (SSSR count). The normalized spacial score (nSPS) is 23.6. The average molecular weight is 291 g/mol. The Kier molecular flexibility index (Phi) is 3.57. The third-order valence-electron chi connectivity index (χ3n) is 2.98. The van der Waals surface area contributed by atoms with Crippen LogP contribution in [0.5, 0.6) is 0 Å². The molecule has 1 aromatic heterocycles. The van der Waals surface area contributed by atoms with Crippen molar-refractivity contribution in [2.75, 3.05) is 12.0 Å². The van der Waals surface area contributed by atoms with Gasteiger partial charge in [0.25, 0.3) is 0 Å². The van der Waals surface area contributed by atoms with E-state index >= 15 is 0 Å². The fraction of sp³-hybridized carbons (Fsp3) is 0.455. The molecule has 0 aromatic carbocycles. The Labute approximate surface area is 112 Å². The molecule has 1 aliphatic heterocycles. The highest BCUT2D eigenvalue weighted by Gasteiger charge is 2.45. The maximum Gasteiger partial charge on any atom is 0.417 e. The number of carbonyl (C=O) groups is 1. The lowest BCUT2D eigenvalue weighted by atomic mass is 10.2. The summed E-state index contributed by atoms with van der Waals surface area (Å²) in [6.07, 6.45) is -5.16. The Morgan fingerprint density at radius 2 is 2.05 bits per heavy atom. The number of pyridine rings is 1. The molecular formula is C11H12F3N3O3. The fourth-order valence-corrected chi connectivity index (χ4v) is 1.90. The van der Waals surface area contributed by atoms with Crippen molar-refractivity contribution in [2.45, 2.75) is 25.4 Å². The molecule has 1 saturated heterocycles. The van der Waals surface area contributed by atoms with E-state index in [9.17, 15) is 23.1 Å². The minimum atomic E-state index is -4.51. The number of aliphatic hydroxyl groups excluding tert-OH is 1. The summed E-state index contributed by atoms with van der Waals surface area (Å²) in [4.78, 5) is 21.2. The van der Waals surface area contributed by atoms with Crippen molar-refractivity contribution in [3.63, 3.8) is 0 Å². The topological polar surface area (TPSA) is 65.9 Å². The summed E-state index contributed by atoms with van der Waals surface area (Å²) in [6, 6.07) is 0.453. The molecule has 0 aliphatic carbocycles. The zero-order chi connectivity index (χ0) is 15.1. The van der Waals surface area contributed by atoms with Crippen molar-refractivity contribution in [2.24, 2.45) is 0 Å². The first kappa shape index (κ1) is 14.5. The number of aliphatic hydroxyl groups is 1. The van der Waals surface area contributed by atoms with Gasteiger partial charge in [-0.05, 0) is 19.1 Å². The number of hydroxylamine groups is 2. The number of rotatable bonds is 2. The molecular weight excluding hydrogens is 279 g/mol. The van der Waals surface area contributed by atoms with Gasteiger partial charge in [0.15, 0.2) is 6.23 Å². The van der Waals surface area contributed by atoms with E-state index in [0.29, 0.717) is 6.20 Å². The zero-order valence-corrected chi connectivity index (χ0v) is 10.6. The second-order valence-corrected chi connectivity index (χ2v) is 4.22. The van der Waals surface area contributed by atoms with Crippen LogP contribution in [0, 0.1) is 0 Å². The number of urea groups is 1. The largest absolute Gasteiger partial charge is 0.417 e. The molecule has 2 atom stereocenters. The molecule has 110 valence electrons. The Balaban J connectivity index is 2.30. The predicted octanol–water partition coefficient (Wildman–Crippen LogP) is 1.61. The standard InChI is InChI=1S/C11H12F3N3O3/c1-6-9(18)16(10(19)17(6)20-2)8-4-3-7(5-15-8)11(12,13)14/h3-6,9,18H,1-2H3. The van der Waals surface area contributed by atoms with Gasteiger partial charge in [-0.1, -0.05) is 0 Å². The van der Waals surface area contributed by atoms with Gasteiger partial charge in [-0.15, -0.1) is 0 Å². The van der Waals surface area contributed by atoms with Crippen molar-refractivity contribution in [3.05, 3.63) is 23.9 Å². The van der Waals surface area contributed by atoms with E-state index in [-0.39, 0.29) is 5.82 Å². The van der Waals surface area contributed by atoms with E-state index in [1.807, 2.05) is 0 Å². The minimum absolute atomic E-state index is 0.0816. The molecule has 0 bridgehead atoms. The molecule has 0 radical (unpaired) electrons. The number of carbonyl (C=O) groups excluding carboxylic acids is 1. The Bertz CT molecular complexity index is 506. The van der Waals surface area contributed by atoms with Crippen LogP contribution in [0.1, 0.15) is 12.5 Å². The van der Waals surface area contributed by atoms with Gasteiger partial charge in [0.2, 0.25) is 0 Å². The zero-order valence-electron chi connectivity index (χ0n) is 10.6. The van der Waals surface area contributed by atoms with E-state index in [4.69, 9.17) is 4.84 Å². The Morgan fingerprint density at radius 3 is 2.45 bits per heavy atom. The number of aromatic nitrogens is 1. The van der Waals surface area contributed by atoms with Crippen molar-refractivity contribution in [1.29, 1.82) is 0 Å². The van der Waals surface area contributed by atoms with Crippen LogP contribution in [-0.2, 0) is 11.0 Å². The lowest BCUT2D eigenvalue weighted by Crippen LogP contribution is -2.36. The summed E-state index contributed by atoms with van der Waals surface area (Å²) in [5.74, 6) is -0.0816. The van der Waals surface area contributed by atoms with Crippen LogP contribution in [0.25, 0.3) is 0 Å². The maximum atomic E-state index is 12.4. The van der Waals surface area contributed by atoms with Gasteiger partial charge in [-0.2, -0.15) is 18.2 Å². The molecule has 1 aromatic rings. The Morgan fingerprint density at radius 1 is 1.40 bits per heavy atom. The molecule has 1 fully saturated rings. The molecule has 1 aliphatic rings. The van der Waals surface area contributed by atoms with Gasteiger partial charge >= 0.3 is 12.2 Å². The van der Waals surface area contributed by atoms with Crippen LogP contribution in [0.3, 0.4) is 0 Å². The van der Waals surface area contributed by atoms with E-state index < -0.39 is 30.0 Å². The second kappa shape index (κ2) is 4.91. The van der Waals surface area contributed by atoms with Gasteiger partial charge in [0.05, 0.1) is 12.7 Å². The predicted molar refractivity (Wildman–Crippen MR) is 61.4 cm³/mol. The van der Waals surface area contributed by atoms with Crippen molar-refractivity contribution in [1.82, 2.24) is 10.0 Å². The molecule has 2 unspecified atom stereocenters. The van der Waals surface area contributed by atoms with Crippen LogP contribution < -0.4 is 4.90 Å². The lowest BCUT2D eigenvalue weighted by molar-refractivity contribution is -0.137. The molecule has 2 amide bonds. The summed E-state index contributed by atoms with van der Waals surface area (Å²) in [7, 11) is 1.25.